The van der Waals surface area contributed by atoms with E-state index in [1.165, 1.54) is 0 Å². The minimum absolute atomic E-state index is 0.284. The van der Waals surface area contributed by atoms with E-state index in [4.69, 9.17) is 9.47 Å². The zero-order valence-electron chi connectivity index (χ0n) is 16.6. The second-order valence-electron chi connectivity index (χ2n) is 8.13. The maximum atomic E-state index is 12.2. The predicted molar refractivity (Wildman–Crippen MR) is 111 cm³/mol. The number of fused-ring (bicyclic) bond motifs is 3. The van der Waals surface area contributed by atoms with Crippen LogP contribution in [0.2, 0.25) is 0 Å². The molecule has 1 aliphatic heterocycles. The fourth-order valence-electron chi connectivity index (χ4n) is 3.57. The van der Waals surface area contributed by atoms with Gasteiger partial charge in [-0.2, -0.15) is 0 Å². The van der Waals surface area contributed by atoms with Crippen LogP contribution in [0.15, 0.2) is 60.7 Å². The van der Waals surface area contributed by atoms with Gasteiger partial charge in [0.25, 0.3) is 0 Å². The van der Waals surface area contributed by atoms with Gasteiger partial charge in [-0.25, -0.2) is 4.79 Å². The van der Waals surface area contributed by atoms with Crippen LogP contribution in [0.4, 0.5) is 0 Å². The number of allylic oxidation sites excluding steroid dienone is 1. The van der Waals surface area contributed by atoms with E-state index in [9.17, 15) is 4.79 Å². The van der Waals surface area contributed by atoms with Gasteiger partial charge in [0, 0.05) is 29.2 Å². The van der Waals surface area contributed by atoms with Crippen molar-refractivity contribution < 1.29 is 14.3 Å². The number of carbonyl (C=O) groups is 1. The standard InChI is InChI=1S/C24H25NO3/c1-24(2,3)28-23(26)15-18-11-12-25-21-10-9-20(13-19(21)14-22(18)25)27-16-17-7-5-4-6-8-17/h4-10,13-15H,11-12,16H2,1-3H3/b18-15-. The van der Waals surface area contributed by atoms with Gasteiger partial charge < -0.3 is 14.0 Å². The first kappa shape index (κ1) is 18.4. The molecule has 0 atom stereocenters. The number of nitrogens with zero attached hydrogens (tertiary/aromatic N) is 1. The summed E-state index contributed by atoms with van der Waals surface area (Å²) in [6.45, 7) is 7.06. The summed E-state index contributed by atoms with van der Waals surface area (Å²) in [5.41, 5.74) is 3.93. The first-order chi connectivity index (χ1) is 13.4. The van der Waals surface area contributed by atoms with Crippen molar-refractivity contribution in [2.45, 2.75) is 45.9 Å². The van der Waals surface area contributed by atoms with Crippen LogP contribution in [0.25, 0.3) is 16.5 Å². The topological polar surface area (TPSA) is 40.5 Å². The molecule has 0 unspecified atom stereocenters. The third-order valence-corrected chi connectivity index (χ3v) is 4.75. The average molecular weight is 375 g/mol. The Bertz CT molecular complexity index is 1040. The molecule has 0 fully saturated rings. The number of esters is 1. The smallest absolute Gasteiger partial charge is 0.331 e. The average Bonchev–Trinajstić information content (AvgIpc) is 3.18. The van der Waals surface area contributed by atoms with Crippen molar-refractivity contribution in [3.8, 4) is 5.75 Å². The molecule has 2 heterocycles. The van der Waals surface area contributed by atoms with Crippen LogP contribution in [-0.4, -0.2) is 16.1 Å². The van der Waals surface area contributed by atoms with Crippen molar-refractivity contribution >= 4 is 22.4 Å². The molecule has 3 aromatic rings. The van der Waals surface area contributed by atoms with Gasteiger partial charge in [-0.15, -0.1) is 0 Å². The Kier molecular flexibility index (Phi) is 4.71. The van der Waals surface area contributed by atoms with Crippen LogP contribution in [0, 0.1) is 0 Å². The first-order valence-electron chi connectivity index (χ1n) is 9.63. The van der Waals surface area contributed by atoms with E-state index in [2.05, 4.69) is 34.9 Å². The molecule has 4 nitrogen and oxygen atoms in total. The summed E-state index contributed by atoms with van der Waals surface area (Å²) in [5.74, 6) is 0.561. The van der Waals surface area contributed by atoms with Crippen molar-refractivity contribution in [2.75, 3.05) is 0 Å². The second kappa shape index (κ2) is 7.19. The lowest BCUT2D eigenvalue weighted by Crippen LogP contribution is -2.22. The Balaban J connectivity index is 1.55. The molecule has 1 aromatic heterocycles. The molecule has 0 radical (unpaired) electrons. The quantitative estimate of drug-likeness (QED) is 0.456. The molecule has 0 spiro atoms. The van der Waals surface area contributed by atoms with Crippen molar-refractivity contribution in [1.82, 2.24) is 4.57 Å². The monoisotopic (exact) mass is 375 g/mol. The molecule has 0 saturated heterocycles. The highest BCUT2D eigenvalue weighted by molar-refractivity contribution is 5.95. The highest BCUT2D eigenvalue weighted by atomic mass is 16.6. The normalized spacial score (nSPS) is 15.0. The van der Waals surface area contributed by atoms with Crippen LogP contribution < -0.4 is 4.74 Å². The lowest BCUT2D eigenvalue weighted by atomic mass is 10.1. The number of ether oxygens (including phenoxy) is 2. The van der Waals surface area contributed by atoms with E-state index in [1.807, 2.05) is 45.0 Å². The maximum Gasteiger partial charge on any atom is 0.331 e. The Labute approximate surface area is 165 Å². The van der Waals surface area contributed by atoms with E-state index >= 15 is 0 Å². The zero-order valence-corrected chi connectivity index (χ0v) is 16.6. The predicted octanol–water partition coefficient (Wildman–Crippen LogP) is 5.35. The summed E-state index contributed by atoms with van der Waals surface area (Å²) >= 11 is 0. The van der Waals surface area contributed by atoms with Crippen LogP contribution in [-0.2, 0) is 22.7 Å². The van der Waals surface area contributed by atoms with Crippen molar-refractivity contribution in [1.29, 1.82) is 0 Å². The summed E-state index contributed by atoms with van der Waals surface area (Å²) in [4.78, 5) is 12.2. The highest BCUT2D eigenvalue weighted by Crippen LogP contribution is 2.35. The van der Waals surface area contributed by atoms with Gasteiger partial charge in [0.2, 0.25) is 0 Å². The lowest BCUT2D eigenvalue weighted by molar-refractivity contribution is -0.148. The zero-order chi connectivity index (χ0) is 19.7. The molecule has 0 aliphatic carbocycles. The molecule has 2 aromatic carbocycles. The summed E-state index contributed by atoms with van der Waals surface area (Å²) in [6.07, 6.45) is 2.48. The van der Waals surface area contributed by atoms with Crippen LogP contribution in [0.1, 0.15) is 38.4 Å². The van der Waals surface area contributed by atoms with E-state index < -0.39 is 5.60 Å². The van der Waals surface area contributed by atoms with Crippen molar-refractivity contribution in [3.05, 3.63) is 71.9 Å². The molecule has 28 heavy (non-hydrogen) atoms. The minimum Gasteiger partial charge on any atom is -0.489 e. The van der Waals surface area contributed by atoms with Gasteiger partial charge in [-0.1, -0.05) is 30.3 Å². The van der Waals surface area contributed by atoms with E-state index in [0.717, 1.165) is 46.4 Å². The van der Waals surface area contributed by atoms with E-state index in [0.29, 0.717) is 6.61 Å². The number of benzene rings is 2. The summed E-state index contributed by atoms with van der Waals surface area (Å²) < 4.78 is 13.6. The lowest BCUT2D eigenvalue weighted by Gasteiger charge is -2.18. The summed E-state index contributed by atoms with van der Waals surface area (Å²) in [5, 5.41) is 1.12. The summed E-state index contributed by atoms with van der Waals surface area (Å²) in [6, 6.07) is 18.4. The van der Waals surface area contributed by atoms with Crippen molar-refractivity contribution in [3.63, 3.8) is 0 Å². The molecule has 1 aliphatic rings. The number of rotatable bonds is 4. The van der Waals surface area contributed by atoms with Gasteiger partial charge in [0.1, 0.15) is 18.0 Å². The largest absolute Gasteiger partial charge is 0.489 e. The SMILES string of the molecule is CC(C)(C)OC(=O)/C=C1/CCn2c1cc1cc(OCc3ccccc3)ccc12. The minimum atomic E-state index is -0.482. The number of carbonyl (C=O) groups excluding carboxylic acids is 1. The summed E-state index contributed by atoms with van der Waals surface area (Å²) in [7, 11) is 0. The van der Waals surface area contributed by atoms with Gasteiger partial charge in [0.15, 0.2) is 0 Å². The first-order valence-corrected chi connectivity index (χ1v) is 9.63. The maximum absolute atomic E-state index is 12.2. The number of hydrogen-bond acceptors (Lipinski definition) is 3. The molecular formula is C24H25NO3. The molecule has 0 bridgehead atoms. The van der Waals surface area contributed by atoms with E-state index in [1.54, 1.807) is 6.08 Å². The third-order valence-electron chi connectivity index (χ3n) is 4.75. The fourth-order valence-corrected chi connectivity index (χ4v) is 3.57. The van der Waals surface area contributed by atoms with Crippen LogP contribution in [0.5, 0.6) is 5.75 Å². The van der Waals surface area contributed by atoms with Crippen molar-refractivity contribution in [2.24, 2.45) is 0 Å². The second-order valence-corrected chi connectivity index (χ2v) is 8.13. The van der Waals surface area contributed by atoms with Crippen LogP contribution >= 0.6 is 0 Å². The molecule has 4 heteroatoms. The van der Waals surface area contributed by atoms with Gasteiger partial charge >= 0.3 is 5.97 Å². The Morgan fingerprint density at radius 2 is 1.89 bits per heavy atom. The molecule has 4 rings (SSSR count). The molecule has 144 valence electrons. The molecular weight excluding hydrogens is 350 g/mol. The number of aromatic nitrogens is 1. The molecule has 0 N–H and O–H groups in total. The Hall–Kier alpha value is -3.01. The Morgan fingerprint density at radius 1 is 1.11 bits per heavy atom. The van der Waals surface area contributed by atoms with Gasteiger partial charge in [-0.05, 0) is 62.6 Å². The van der Waals surface area contributed by atoms with Gasteiger partial charge in [0.05, 0.1) is 0 Å². The Morgan fingerprint density at radius 3 is 2.64 bits per heavy atom. The third kappa shape index (κ3) is 3.96. The molecule has 0 saturated carbocycles. The molecule has 0 amide bonds. The fraction of sp³-hybridized carbons (Fsp3) is 0.292. The van der Waals surface area contributed by atoms with Gasteiger partial charge in [-0.3, -0.25) is 0 Å². The van der Waals surface area contributed by atoms with E-state index in [-0.39, 0.29) is 5.97 Å². The highest BCUT2D eigenvalue weighted by Gasteiger charge is 2.22. The number of hydrogen-bond donors (Lipinski definition) is 0. The number of aryl methyl sites for hydroxylation is 1. The van der Waals surface area contributed by atoms with Crippen LogP contribution in [0.3, 0.4) is 0 Å².